The molecule has 4 heterocycles. The van der Waals surface area contributed by atoms with Crippen molar-refractivity contribution in [1.82, 2.24) is 8.80 Å². The topological polar surface area (TPSA) is 15.3 Å². The van der Waals surface area contributed by atoms with Crippen LogP contribution in [-0.4, -0.2) is 14.8 Å². The number of fused-ring (bicyclic) bond motifs is 12. The summed E-state index contributed by atoms with van der Waals surface area (Å²) in [6, 6.07) is 50.6. The SMILES string of the molecule is CC1=CC(C)CC=C1N(c1ccc2c3cc4c(cc3n3c5ccccc5c1c23)c1ccc(N(c2ccccc2)c2ccc(C)cc2C)c2c3ccccc3n4c12)C1C=CC=CC1. The van der Waals surface area contributed by atoms with Gasteiger partial charge in [0, 0.05) is 60.2 Å². The molecular weight excluding hydrogens is 753 g/mol. The van der Waals surface area contributed by atoms with Gasteiger partial charge in [0.25, 0.3) is 0 Å². The quantitative estimate of drug-likeness (QED) is 0.166. The number of aryl methyl sites for hydroxylation is 2. The van der Waals surface area contributed by atoms with E-state index in [4.69, 9.17) is 0 Å². The molecule has 4 nitrogen and oxygen atoms in total. The summed E-state index contributed by atoms with van der Waals surface area (Å²) in [5.74, 6) is 0.542. The molecule has 11 aromatic rings. The van der Waals surface area contributed by atoms with E-state index in [0.717, 1.165) is 18.5 Å². The van der Waals surface area contributed by atoms with Gasteiger partial charge in [0.15, 0.2) is 0 Å². The number of allylic oxidation sites excluding steroid dienone is 5. The van der Waals surface area contributed by atoms with Crippen molar-refractivity contribution in [3.63, 3.8) is 0 Å². The summed E-state index contributed by atoms with van der Waals surface area (Å²) in [5, 5.41) is 10.3. The Balaban J connectivity index is 1.11. The normalized spacial score (nSPS) is 17.0. The molecule has 0 N–H and O–H groups in total. The van der Waals surface area contributed by atoms with Crippen LogP contribution in [0, 0.1) is 19.8 Å². The van der Waals surface area contributed by atoms with Crippen LogP contribution >= 0.6 is 0 Å². The van der Waals surface area contributed by atoms with E-state index in [1.807, 2.05) is 0 Å². The zero-order chi connectivity index (χ0) is 41.4. The lowest BCUT2D eigenvalue weighted by Crippen LogP contribution is -2.35. The van der Waals surface area contributed by atoms with E-state index in [1.54, 1.807) is 0 Å². The summed E-state index contributed by atoms with van der Waals surface area (Å²) >= 11 is 0. The van der Waals surface area contributed by atoms with Crippen LogP contribution in [0.25, 0.3) is 76.2 Å². The van der Waals surface area contributed by atoms with Gasteiger partial charge in [0.1, 0.15) is 0 Å². The lowest BCUT2D eigenvalue weighted by molar-refractivity contribution is 0.694. The Kier molecular flexibility index (Phi) is 7.49. The fraction of sp³-hybridized carbons (Fsp3) is 0.138. The fourth-order valence-corrected chi connectivity index (χ4v) is 11.5. The second-order valence-corrected chi connectivity index (χ2v) is 17.9. The van der Waals surface area contributed by atoms with Gasteiger partial charge in [-0.05, 0) is 105 Å². The maximum Gasteiger partial charge on any atom is 0.0641 e. The van der Waals surface area contributed by atoms with Crippen molar-refractivity contribution in [1.29, 1.82) is 0 Å². The molecule has 0 aliphatic heterocycles. The van der Waals surface area contributed by atoms with E-state index in [1.165, 1.54) is 116 Å². The van der Waals surface area contributed by atoms with Crippen molar-refractivity contribution in [2.45, 2.75) is 46.6 Å². The molecule has 0 saturated heterocycles. The largest absolute Gasteiger partial charge is 0.334 e. The average molecular weight is 799 g/mol. The molecule has 298 valence electrons. The molecule has 7 aromatic carbocycles. The van der Waals surface area contributed by atoms with Crippen LogP contribution in [0.15, 0.2) is 181 Å². The van der Waals surface area contributed by atoms with E-state index in [0.29, 0.717) is 5.92 Å². The Morgan fingerprint density at radius 3 is 1.77 bits per heavy atom. The van der Waals surface area contributed by atoms with Gasteiger partial charge in [0.2, 0.25) is 0 Å². The third kappa shape index (κ3) is 4.83. The summed E-state index contributed by atoms with van der Waals surface area (Å²) in [5.41, 5.74) is 17.6. The van der Waals surface area contributed by atoms with Gasteiger partial charge in [-0.2, -0.15) is 0 Å². The number of anilines is 4. The highest BCUT2D eigenvalue weighted by atomic mass is 15.2. The standard InChI is InChI=1S/C58H46N4/c1-35-23-27-47(37(3)31-35)59(39-15-7-5-8-16-39)51-29-25-41-45-33-54-46(34-53(45)61-49-21-13-11-19-43(49)55(51)57(41)61)42-26-30-52(56-44-20-12-14-22-50(44)62(54)58(42)56)60(40-17-9-6-10-18-40)48-28-24-36(2)32-38(48)4/h5-17,19-23,25-34,36,40H,18,24H2,1-4H3. The molecule has 13 rings (SSSR count). The number of aromatic nitrogens is 2. The van der Waals surface area contributed by atoms with Crippen LogP contribution in [0.2, 0.25) is 0 Å². The molecule has 62 heavy (non-hydrogen) atoms. The summed E-state index contributed by atoms with van der Waals surface area (Å²) in [4.78, 5) is 5.11. The van der Waals surface area contributed by atoms with Crippen LogP contribution in [0.5, 0.6) is 0 Å². The van der Waals surface area contributed by atoms with Gasteiger partial charge >= 0.3 is 0 Å². The van der Waals surface area contributed by atoms with Crippen molar-refractivity contribution in [3.05, 3.63) is 192 Å². The number of rotatable bonds is 6. The van der Waals surface area contributed by atoms with Gasteiger partial charge < -0.3 is 18.6 Å². The molecule has 0 radical (unpaired) electrons. The van der Waals surface area contributed by atoms with Crippen molar-refractivity contribution in [3.8, 4) is 0 Å². The Morgan fingerprint density at radius 1 is 0.532 bits per heavy atom. The molecule has 0 bridgehead atoms. The maximum absolute atomic E-state index is 2.64. The number of nitrogens with zero attached hydrogens (tertiary/aromatic N) is 4. The van der Waals surface area contributed by atoms with Crippen molar-refractivity contribution in [2.75, 3.05) is 9.80 Å². The first-order valence-corrected chi connectivity index (χ1v) is 22.2. The molecule has 2 aliphatic carbocycles. The zero-order valence-electron chi connectivity index (χ0n) is 35.5. The molecule has 0 spiro atoms. The minimum atomic E-state index is 0.227. The van der Waals surface area contributed by atoms with Crippen LogP contribution < -0.4 is 9.80 Å². The Bertz CT molecular complexity index is 3760. The molecule has 2 unspecified atom stereocenters. The summed E-state index contributed by atoms with van der Waals surface area (Å²) in [6.07, 6.45) is 16.1. The van der Waals surface area contributed by atoms with Gasteiger partial charge in [-0.25, -0.2) is 0 Å². The number of hydrogen-bond donors (Lipinski definition) is 0. The van der Waals surface area contributed by atoms with E-state index >= 15 is 0 Å². The van der Waals surface area contributed by atoms with Crippen LogP contribution in [0.4, 0.5) is 22.7 Å². The van der Waals surface area contributed by atoms with Crippen molar-refractivity contribution >= 4 is 98.9 Å². The second kappa shape index (κ2) is 13.1. The first-order valence-electron chi connectivity index (χ1n) is 22.2. The maximum atomic E-state index is 2.64. The minimum absolute atomic E-state index is 0.227. The highest BCUT2D eigenvalue weighted by Gasteiger charge is 2.30. The van der Waals surface area contributed by atoms with E-state index in [9.17, 15) is 0 Å². The predicted molar refractivity (Wildman–Crippen MR) is 265 cm³/mol. The van der Waals surface area contributed by atoms with Crippen LogP contribution in [-0.2, 0) is 0 Å². The van der Waals surface area contributed by atoms with Gasteiger partial charge in [0.05, 0.1) is 50.5 Å². The molecule has 4 heteroatoms. The van der Waals surface area contributed by atoms with E-state index < -0.39 is 0 Å². The minimum Gasteiger partial charge on any atom is -0.334 e. The summed E-state index contributed by atoms with van der Waals surface area (Å²) in [7, 11) is 0. The lowest BCUT2D eigenvalue weighted by Gasteiger charge is -2.37. The molecule has 0 saturated carbocycles. The Hall–Kier alpha value is -7.30. The summed E-state index contributed by atoms with van der Waals surface area (Å²) in [6.45, 7) is 9.04. The highest BCUT2D eigenvalue weighted by Crippen LogP contribution is 2.51. The van der Waals surface area contributed by atoms with Gasteiger partial charge in [-0.15, -0.1) is 0 Å². The Morgan fingerprint density at radius 2 is 1.15 bits per heavy atom. The molecule has 2 aliphatic rings. The lowest BCUT2D eigenvalue weighted by atomic mass is 9.93. The van der Waals surface area contributed by atoms with Crippen molar-refractivity contribution in [2.24, 2.45) is 5.92 Å². The molecule has 2 atom stereocenters. The van der Waals surface area contributed by atoms with Crippen LogP contribution in [0.3, 0.4) is 0 Å². The monoisotopic (exact) mass is 798 g/mol. The van der Waals surface area contributed by atoms with Crippen molar-refractivity contribution < 1.29 is 0 Å². The fourth-order valence-electron chi connectivity index (χ4n) is 11.5. The third-order valence-electron chi connectivity index (χ3n) is 14.0. The summed E-state index contributed by atoms with van der Waals surface area (Å²) < 4.78 is 5.13. The first kappa shape index (κ1) is 35.5. The molecule has 4 aromatic heterocycles. The predicted octanol–water partition coefficient (Wildman–Crippen LogP) is 15.6. The van der Waals surface area contributed by atoms with Gasteiger partial charge in [-0.1, -0.05) is 128 Å². The van der Waals surface area contributed by atoms with E-state index in [-0.39, 0.29) is 6.04 Å². The van der Waals surface area contributed by atoms with E-state index in [2.05, 4.69) is 216 Å². The first-order chi connectivity index (χ1) is 30.4. The smallest absolute Gasteiger partial charge is 0.0641 e. The molecule has 0 amide bonds. The number of benzene rings is 7. The number of hydrogen-bond acceptors (Lipinski definition) is 2. The number of para-hydroxylation sites is 3. The van der Waals surface area contributed by atoms with Gasteiger partial charge in [-0.3, -0.25) is 0 Å². The zero-order valence-corrected chi connectivity index (χ0v) is 35.5. The average Bonchev–Trinajstić information content (AvgIpc) is 4.02. The third-order valence-corrected chi connectivity index (χ3v) is 14.0. The molecule has 0 fully saturated rings. The van der Waals surface area contributed by atoms with Crippen LogP contribution in [0.1, 0.15) is 37.8 Å². The highest BCUT2D eigenvalue weighted by molar-refractivity contribution is 6.32. The second-order valence-electron chi connectivity index (χ2n) is 17.9. The Labute approximate surface area is 360 Å². The molecular formula is C58H46N4.